The van der Waals surface area contributed by atoms with E-state index in [0.717, 1.165) is 49.8 Å². The maximum absolute atomic E-state index is 10.1. The molecule has 0 aliphatic carbocycles. The predicted molar refractivity (Wildman–Crippen MR) is 138 cm³/mol. The van der Waals surface area contributed by atoms with Crippen LogP contribution in [0.1, 0.15) is 5.56 Å². The van der Waals surface area contributed by atoms with Crippen molar-refractivity contribution in [2.45, 2.75) is 0 Å². The second-order valence-corrected chi connectivity index (χ2v) is 8.49. The lowest BCUT2D eigenvalue weighted by molar-refractivity contribution is 0.669. The summed E-state index contributed by atoms with van der Waals surface area (Å²) in [5, 5.41) is 14.7. The van der Waals surface area contributed by atoms with Crippen LogP contribution in [-0.2, 0) is 0 Å². The van der Waals surface area contributed by atoms with E-state index >= 15 is 0 Å². The van der Waals surface area contributed by atoms with Crippen LogP contribution in [0.3, 0.4) is 0 Å². The van der Waals surface area contributed by atoms with Gasteiger partial charge in [-0.25, -0.2) is 0 Å². The third-order valence-electron chi connectivity index (χ3n) is 6.65. The van der Waals surface area contributed by atoms with E-state index in [4.69, 9.17) is 4.42 Å². The molecule has 0 saturated carbocycles. The van der Waals surface area contributed by atoms with Crippen molar-refractivity contribution in [3.05, 3.63) is 115 Å². The molecule has 0 fully saturated rings. The molecule has 0 radical (unpaired) electrons. The van der Waals surface area contributed by atoms with Gasteiger partial charge in [0.1, 0.15) is 17.2 Å². The van der Waals surface area contributed by atoms with Crippen molar-refractivity contribution in [3.63, 3.8) is 0 Å². The summed E-state index contributed by atoms with van der Waals surface area (Å²) < 4.78 is 8.39. The zero-order valence-corrected chi connectivity index (χ0v) is 18.2. The first-order valence-corrected chi connectivity index (χ1v) is 11.3. The fraction of sp³-hybridized carbons (Fsp3) is 0. The van der Waals surface area contributed by atoms with Crippen molar-refractivity contribution in [2.24, 2.45) is 0 Å². The van der Waals surface area contributed by atoms with Gasteiger partial charge in [-0.3, -0.25) is 0 Å². The number of benzene rings is 5. The van der Waals surface area contributed by atoms with Gasteiger partial charge in [0, 0.05) is 27.1 Å². The maximum atomic E-state index is 10.1. The molecule has 0 saturated heterocycles. The Kier molecular flexibility index (Phi) is 3.91. The summed E-state index contributed by atoms with van der Waals surface area (Å²) >= 11 is 0. The standard InChI is InChI=1S/C31H18N2O/c32-19-21-8-7-12-22(20-16-17-26-25-11-3-6-15-29(25)34-30(26)18-20)31(21)33-27-13-4-1-9-23(27)24-10-2-5-14-28(24)33/h1-18H. The zero-order valence-electron chi connectivity index (χ0n) is 18.2. The highest BCUT2D eigenvalue weighted by Crippen LogP contribution is 2.39. The van der Waals surface area contributed by atoms with Gasteiger partial charge in [-0.2, -0.15) is 5.26 Å². The second-order valence-electron chi connectivity index (χ2n) is 8.49. The number of furan rings is 1. The van der Waals surface area contributed by atoms with Crippen LogP contribution in [0.25, 0.3) is 60.6 Å². The van der Waals surface area contributed by atoms with Gasteiger partial charge in [0.2, 0.25) is 0 Å². The molecule has 34 heavy (non-hydrogen) atoms. The van der Waals surface area contributed by atoms with Crippen LogP contribution in [0.2, 0.25) is 0 Å². The number of para-hydroxylation sites is 4. The Labute approximate surface area is 195 Å². The van der Waals surface area contributed by atoms with Crippen molar-refractivity contribution < 1.29 is 4.42 Å². The Morgan fingerprint density at radius 3 is 1.97 bits per heavy atom. The predicted octanol–water partition coefficient (Wildman–Crippen LogP) is 8.22. The van der Waals surface area contributed by atoms with Crippen LogP contribution in [-0.4, -0.2) is 4.57 Å². The van der Waals surface area contributed by atoms with E-state index in [-0.39, 0.29) is 0 Å². The van der Waals surface area contributed by atoms with Crippen molar-refractivity contribution in [2.75, 3.05) is 0 Å². The number of rotatable bonds is 2. The smallest absolute Gasteiger partial charge is 0.136 e. The number of nitrogens with zero attached hydrogens (tertiary/aromatic N) is 2. The summed E-state index contributed by atoms with van der Waals surface area (Å²) in [5.74, 6) is 0. The normalized spacial score (nSPS) is 11.5. The lowest BCUT2D eigenvalue weighted by Gasteiger charge is -2.15. The van der Waals surface area contributed by atoms with E-state index in [2.05, 4.69) is 77.4 Å². The molecule has 0 N–H and O–H groups in total. The van der Waals surface area contributed by atoms with Crippen LogP contribution in [0.15, 0.2) is 114 Å². The van der Waals surface area contributed by atoms with Crippen LogP contribution in [0.4, 0.5) is 0 Å². The van der Waals surface area contributed by atoms with Crippen molar-refractivity contribution in [3.8, 4) is 22.9 Å². The number of nitriles is 1. The molecule has 5 aromatic carbocycles. The molecule has 0 aliphatic rings. The largest absolute Gasteiger partial charge is 0.456 e. The average molecular weight is 434 g/mol. The summed E-state index contributed by atoms with van der Waals surface area (Å²) in [5.41, 5.74) is 7.41. The van der Waals surface area contributed by atoms with E-state index in [9.17, 15) is 5.26 Å². The summed E-state index contributed by atoms with van der Waals surface area (Å²) in [6, 6.07) is 39.5. The summed E-state index contributed by atoms with van der Waals surface area (Å²) in [7, 11) is 0. The van der Waals surface area contributed by atoms with Crippen molar-refractivity contribution >= 4 is 43.7 Å². The third kappa shape index (κ3) is 2.57. The second kappa shape index (κ2) is 7.10. The Balaban J connectivity index is 1.58. The molecule has 2 aromatic heterocycles. The third-order valence-corrected chi connectivity index (χ3v) is 6.65. The summed E-state index contributed by atoms with van der Waals surface area (Å²) in [6.07, 6.45) is 0. The molecular weight excluding hydrogens is 416 g/mol. The molecular formula is C31H18N2O. The van der Waals surface area contributed by atoms with E-state index in [1.54, 1.807) is 0 Å². The molecule has 0 bridgehead atoms. The maximum Gasteiger partial charge on any atom is 0.136 e. The Morgan fingerprint density at radius 1 is 0.588 bits per heavy atom. The molecule has 3 nitrogen and oxygen atoms in total. The molecule has 0 unspecified atom stereocenters. The van der Waals surface area contributed by atoms with Crippen molar-refractivity contribution in [1.82, 2.24) is 4.57 Å². The Bertz CT molecular complexity index is 1880. The van der Waals surface area contributed by atoms with Gasteiger partial charge in [-0.15, -0.1) is 0 Å². The molecule has 2 heterocycles. The van der Waals surface area contributed by atoms with Crippen molar-refractivity contribution in [1.29, 1.82) is 5.26 Å². The SMILES string of the molecule is N#Cc1cccc(-c2ccc3c(c2)oc2ccccc23)c1-n1c2ccccc2c2ccccc21. The van der Waals surface area contributed by atoms with Gasteiger partial charge in [-0.1, -0.05) is 72.8 Å². The molecule has 0 amide bonds. The monoisotopic (exact) mass is 434 g/mol. The van der Waals surface area contributed by atoms with Crippen LogP contribution >= 0.6 is 0 Å². The van der Waals surface area contributed by atoms with E-state index in [1.807, 2.05) is 42.5 Å². The van der Waals surface area contributed by atoms with E-state index in [1.165, 1.54) is 10.8 Å². The number of hydrogen-bond acceptors (Lipinski definition) is 2. The molecule has 158 valence electrons. The summed E-state index contributed by atoms with van der Waals surface area (Å²) in [4.78, 5) is 0. The molecule has 7 rings (SSSR count). The van der Waals surface area contributed by atoms with E-state index in [0.29, 0.717) is 5.56 Å². The number of hydrogen-bond donors (Lipinski definition) is 0. The van der Waals surface area contributed by atoms with Crippen LogP contribution < -0.4 is 0 Å². The van der Waals surface area contributed by atoms with Gasteiger partial charge < -0.3 is 8.98 Å². The Hall–Kier alpha value is -4.81. The minimum atomic E-state index is 0.633. The van der Waals surface area contributed by atoms with E-state index < -0.39 is 0 Å². The van der Waals surface area contributed by atoms with Gasteiger partial charge in [0.25, 0.3) is 0 Å². The fourth-order valence-corrected chi connectivity index (χ4v) is 5.16. The van der Waals surface area contributed by atoms with Crippen LogP contribution in [0.5, 0.6) is 0 Å². The average Bonchev–Trinajstić information content (AvgIpc) is 3.43. The molecule has 0 atom stereocenters. The lowest BCUT2D eigenvalue weighted by atomic mass is 9.98. The molecule has 3 heteroatoms. The quantitative estimate of drug-likeness (QED) is 0.275. The number of fused-ring (bicyclic) bond motifs is 6. The highest BCUT2D eigenvalue weighted by Gasteiger charge is 2.19. The van der Waals surface area contributed by atoms with Gasteiger partial charge in [-0.05, 0) is 42.0 Å². The first-order valence-electron chi connectivity index (χ1n) is 11.3. The molecule has 0 aliphatic heterocycles. The minimum absolute atomic E-state index is 0.633. The van der Waals surface area contributed by atoms with Gasteiger partial charge >= 0.3 is 0 Å². The summed E-state index contributed by atoms with van der Waals surface area (Å²) in [6.45, 7) is 0. The molecule has 7 aromatic rings. The highest BCUT2D eigenvalue weighted by molar-refractivity contribution is 6.10. The number of aromatic nitrogens is 1. The lowest BCUT2D eigenvalue weighted by Crippen LogP contribution is -2.00. The zero-order chi connectivity index (χ0) is 22.6. The van der Waals surface area contributed by atoms with Gasteiger partial charge in [0.05, 0.1) is 22.3 Å². The molecule has 0 spiro atoms. The minimum Gasteiger partial charge on any atom is -0.456 e. The highest BCUT2D eigenvalue weighted by atomic mass is 16.3. The topological polar surface area (TPSA) is 41.9 Å². The first kappa shape index (κ1) is 18.7. The Morgan fingerprint density at radius 2 is 1.24 bits per heavy atom. The fourth-order valence-electron chi connectivity index (χ4n) is 5.16. The first-order chi connectivity index (χ1) is 16.8. The van der Waals surface area contributed by atoms with Gasteiger partial charge in [0.15, 0.2) is 0 Å². The van der Waals surface area contributed by atoms with Crippen LogP contribution in [0, 0.1) is 11.3 Å².